The van der Waals surface area contributed by atoms with Crippen molar-refractivity contribution in [1.82, 2.24) is 20.9 Å². The number of aliphatic hydroxyl groups excluding tert-OH is 1. The summed E-state index contributed by atoms with van der Waals surface area (Å²) in [6.07, 6.45) is 2.69. The van der Waals surface area contributed by atoms with Crippen molar-refractivity contribution in [3.05, 3.63) is 0 Å². The summed E-state index contributed by atoms with van der Waals surface area (Å²) >= 11 is 0. The van der Waals surface area contributed by atoms with Crippen LogP contribution in [0.4, 0.5) is 0 Å². The third-order valence-corrected chi connectivity index (χ3v) is 6.01. The Morgan fingerprint density at radius 2 is 1.61 bits per heavy atom. The van der Waals surface area contributed by atoms with E-state index in [0.29, 0.717) is 38.6 Å². The molecule has 0 spiro atoms. The maximum Gasteiger partial charge on any atom is 0.326 e. The molecular formula is C23H42N6O7. The normalized spacial score (nSPS) is 18.8. The average molecular weight is 515 g/mol. The Bertz CT molecular complexity index is 778. The Morgan fingerprint density at radius 3 is 2.17 bits per heavy atom. The average Bonchev–Trinajstić information content (AvgIpc) is 3.31. The number of carbonyl (C=O) groups is 5. The van der Waals surface area contributed by atoms with E-state index < -0.39 is 66.4 Å². The molecule has 0 radical (unpaired) electrons. The van der Waals surface area contributed by atoms with E-state index in [-0.39, 0.29) is 18.9 Å². The molecule has 206 valence electrons. The predicted molar refractivity (Wildman–Crippen MR) is 131 cm³/mol. The number of unbranched alkanes of at least 4 members (excludes halogenated alkanes) is 1. The van der Waals surface area contributed by atoms with Gasteiger partial charge in [0.1, 0.15) is 24.2 Å². The quantitative estimate of drug-likeness (QED) is 0.120. The van der Waals surface area contributed by atoms with Crippen LogP contribution in [-0.4, -0.2) is 94.6 Å². The molecule has 1 aliphatic rings. The van der Waals surface area contributed by atoms with E-state index in [0.717, 1.165) is 0 Å². The number of hydrogen-bond acceptors (Lipinski definition) is 8. The van der Waals surface area contributed by atoms with Crippen LogP contribution in [0, 0.1) is 5.92 Å². The summed E-state index contributed by atoms with van der Waals surface area (Å²) in [6.45, 7) is 5.16. The molecule has 4 amide bonds. The SMILES string of the molecule is CC(C)CC(N)C(=O)NC(CO)C(=O)NC(C)C(=O)NC(CCCCN)C(=O)N1CCCC1C(=O)O. The standard InChI is InChI=1S/C23H42N6O7/c1-13(2)11-15(25)20(32)28-17(12-30)21(33)26-14(3)19(31)27-16(7-4-5-9-24)22(34)29-10-6-8-18(29)23(35)36/h13-18,30H,4-12,24-25H2,1-3H3,(H,26,33)(H,27,31)(H,28,32)(H,35,36). The van der Waals surface area contributed by atoms with Crippen LogP contribution in [0.1, 0.15) is 59.3 Å². The first-order valence-corrected chi connectivity index (χ1v) is 12.4. The lowest BCUT2D eigenvalue weighted by Gasteiger charge is -2.28. The van der Waals surface area contributed by atoms with Gasteiger partial charge in [0.2, 0.25) is 23.6 Å². The molecule has 9 N–H and O–H groups in total. The number of hydrogen-bond donors (Lipinski definition) is 7. The van der Waals surface area contributed by atoms with Crippen molar-refractivity contribution >= 4 is 29.6 Å². The highest BCUT2D eigenvalue weighted by Gasteiger charge is 2.38. The Morgan fingerprint density at radius 1 is 0.972 bits per heavy atom. The summed E-state index contributed by atoms with van der Waals surface area (Å²) in [7, 11) is 0. The zero-order valence-electron chi connectivity index (χ0n) is 21.4. The number of aliphatic carboxylic acids is 1. The maximum atomic E-state index is 13.1. The van der Waals surface area contributed by atoms with Crippen LogP contribution in [0.5, 0.6) is 0 Å². The van der Waals surface area contributed by atoms with Gasteiger partial charge in [0.15, 0.2) is 0 Å². The number of carbonyl (C=O) groups excluding carboxylic acids is 4. The van der Waals surface area contributed by atoms with Gasteiger partial charge in [0.25, 0.3) is 0 Å². The molecule has 1 saturated heterocycles. The number of likely N-dealkylation sites (tertiary alicyclic amines) is 1. The second-order valence-electron chi connectivity index (χ2n) is 9.58. The first kappa shape index (κ1) is 31.3. The van der Waals surface area contributed by atoms with E-state index in [9.17, 15) is 34.2 Å². The molecule has 0 aliphatic carbocycles. The fourth-order valence-corrected chi connectivity index (χ4v) is 4.00. The largest absolute Gasteiger partial charge is 0.480 e. The summed E-state index contributed by atoms with van der Waals surface area (Å²) in [5.74, 6) is -3.49. The highest BCUT2D eigenvalue weighted by atomic mass is 16.4. The molecule has 0 aromatic heterocycles. The second-order valence-corrected chi connectivity index (χ2v) is 9.58. The van der Waals surface area contributed by atoms with E-state index in [1.165, 1.54) is 11.8 Å². The molecular weight excluding hydrogens is 472 g/mol. The number of amides is 4. The molecule has 0 bridgehead atoms. The van der Waals surface area contributed by atoms with Crippen molar-refractivity contribution in [3.8, 4) is 0 Å². The van der Waals surface area contributed by atoms with Gasteiger partial charge in [-0.3, -0.25) is 19.2 Å². The molecule has 13 nitrogen and oxygen atoms in total. The summed E-state index contributed by atoms with van der Waals surface area (Å²) in [5, 5.41) is 26.4. The van der Waals surface area contributed by atoms with Crippen molar-refractivity contribution in [2.24, 2.45) is 17.4 Å². The van der Waals surface area contributed by atoms with Crippen molar-refractivity contribution in [1.29, 1.82) is 0 Å². The molecule has 1 rings (SSSR count). The molecule has 0 saturated carbocycles. The van der Waals surface area contributed by atoms with Crippen LogP contribution in [0.25, 0.3) is 0 Å². The topological polar surface area (TPSA) is 217 Å². The number of nitrogens with zero attached hydrogens (tertiary/aromatic N) is 1. The molecule has 1 fully saturated rings. The Balaban J connectivity index is 2.80. The van der Waals surface area contributed by atoms with Crippen molar-refractivity contribution in [2.45, 2.75) is 89.5 Å². The van der Waals surface area contributed by atoms with Gasteiger partial charge in [-0.2, -0.15) is 0 Å². The van der Waals surface area contributed by atoms with Gasteiger partial charge in [-0.15, -0.1) is 0 Å². The van der Waals surface area contributed by atoms with E-state index in [4.69, 9.17) is 11.5 Å². The highest BCUT2D eigenvalue weighted by Crippen LogP contribution is 2.20. The lowest BCUT2D eigenvalue weighted by atomic mass is 10.0. The lowest BCUT2D eigenvalue weighted by molar-refractivity contribution is -0.149. The lowest BCUT2D eigenvalue weighted by Crippen LogP contribution is -2.58. The fraction of sp³-hybridized carbons (Fsp3) is 0.783. The van der Waals surface area contributed by atoms with Gasteiger partial charge in [0, 0.05) is 6.54 Å². The van der Waals surface area contributed by atoms with E-state index in [1.54, 1.807) is 0 Å². The van der Waals surface area contributed by atoms with Gasteiger partial charge in [-0.1, -0.05) is 13.8 Å². The minimum atomic E-state index is -1.31. The van der Waals surface area contributed by atoms with E-state index in [1.807, 2.05) is 13.8 Å². The molecule has 13 heteroatoms. The number of aliphatic hydroxyl groups is 1. The second kappa shape index (κ2) is 15.4. The molecule has 1 aliphatic heterocycles. The van der Waals surface area contributed by atoms with E-state index in [2.05, 4.69) is 16.0 Å². The molecule has 0 aromatic rings. The first-order chi connectivity index (χ1) is 16.9. The van der Waals surface area contributed by atoms with Crippen molar-refractivity contribution < 1.29 is 34.2 Å². The summed E-state index contributed by atoms with van der Waals surface area (Å²) in [4.78, 5) is 63.5. The molecule has 5 atom stereocenters. The summed E-state index contributed by atoms with van der Waals surface area (Å²) in [6, 6.07) is -5.20. The minimum Gasteiger partial charge on any atom is -0.480 e. The van der Waals surface area contributed by atoms with Crippen LogP contribution in [0.3, 0.4) is 0 Å². The number of nitrogens with one attached hydrogen (secondary N) is 3. The number of carboxylic acids is 1. The zero-order chi connectivity index (χ0) is 27.4. The van der Waals surface area contributed by atoms with Gasteiger partial charge in [-0.05, 0) is 57.9 Å². The maximum absolute atomic E-state index is 13.1. The summed E-state index contributed by atoms with van der Waals surface area (Å²) in [5.41, 5.74) is 11.3. The van der Waals surface area contributed by atoms with Crippen LogP contribution in [0.15, 0.2) is 0 Å². The number of nitrogens with two attached hydrogens (primary N) is 2. The van der Waals surface area contributed by atoms with Gasteiger partial charge < -0.3 is 42.5 Å². The van der Waals surface area contributed by atoms with Gasteiger partial charge in [0.05, 0.1) is 12.6 Å². The fourth-order valence-electron chi connectivity index (χ4n) is 4.00. The number of carboxylic acid groups (broad SMARTS) is 1. The molecule has 5 unspecified atom stereocenters. The van der Waals surface area contributed by atoms with Crippen LogP contribution in [0.2, 0.25) is 0 Å². The van der Waals surface area contributed by atoms with Gasteiger partial charge >= 0.3 is 5.97 Å². The van der Waals surface area contributed by atoms with Crippen LogP contribution < -0.4 is 27.4 Å². The van der Waals surface area contributed by atoms with E-state index >= 15 is 0 Å². The zero-order valence-corrected chi connectivity index (χ0v) is 21.4. The van der Waals surface area contributed by atoms with Gasteiger partial charge in [-0.25, -0.2) is 4.79 Å². The third-order valence-electron chi connectivity index (χ3n) is 6.01. The number of rotatable bonds is 15. The van der Waals surface area contributed by atoms with Crippen LogP contribution in [-0.2, 0) is 24.0 Å². The van der Waals surface area contributed by atoms with Crippen LogP contribution >= 0.6 is 0 Å². The Hall–Kier alpha value is -2.77. The molecule has 1 heterocycles. The molecule has 0 aromatic carbocycles. The summed E-state index contributed by atoms with van der Waals surface area (Å²) < 4.78 is 0. The minimum absolute atomic E-state index is 0.155. The first-order valence-electron chi connectivity index (χ1n) is 12.4. The Labute approximate surface area is 211 Å². The highest BCUT2D eigenvalue weighted by molar-refractivity contribution is 5.95. The molecule has 36 heavy (non-hydrogen) atoms. The van der Waals surface area contributed by atoms with Crippen molar-refractivity contribution in [3.63, 3.8) is 0 Å². The predicted octanol–water partition coefficient (Wildman–Crippen LogP) is -1.97. The monoisotopic (exact) mass is 514 g/mol. The smallest absolute Gasteiger partial charge is 0.326 e. The Kier molecular flexibility index (Phi) is 13.3. The third kappa shape index (κ3) is 9.70. The van der Waals surface area contributed by atoms with Crippen molar-refractivity contribution in [2.75, 3.05) is 19.7 Å².